The molecule has 14 heteroatoms. The molecule has 10 nitrogen and oxygen atoms in total. The quantitative estimate of drug-likeness (QED) is 0.293. The Hall–Kier alpha value is -3.71. The fraction of sp³-hybridized carbons (Fsp3) is 0.633. The fourth-order valence-corrected chi connectivity index (χ4v) is 6.57. The third-order valence-corrected chi connectivity index (χ3v) is 9.09. The fourth-order valence-electron chi connectivity index (χ4n) is 6.57. The van der Waals surface area contributed by atoms with Gasteiger partial charge in [0.1, 0.15) is 11.6 Å². The van der Waals surface area contributed by atoms with E-state index < -0.39 is 29.8 Å². The zero-order chi connectivity index (χ0) is 31.2. The van der Waals surface area contributed by atoms with Gasteiger partial charge >= 0.3 is 12.2 Å². The zero-order valence-electron chi connectivity index (χ0n) is 25.1. The molecule has 0 radical (unpaired) electrons. The minimum atomic E-state index is -4.63. The average molecular weight is 620 g/mol. The Morgan fingerprint density at radius 2 is 1.95 bits per heavy atom. The van der Waals surface area contributed by atoms with Gasteiger partial charge in [-0.1, -0.05) is 25.1 Å². The van der Waals surface area contributed by atoms with E-state index in [-0.39, 0.29) is 36.8 Å². The molecule has 0 spiro atoms. The van der Waals surface area contributed by atoms with Crippen molar-refractivity contribution in [3.05, 3.63) is 47.1 Å². The number of piperidine rings is 1. The highest BCUT2D eigenvalue weighted by Crippen LogP contribution is 2.50. The number of carbonyl (C=O) groups excluding carboxylic acids is 1. The molecule has 2 aromatic heterocycles. The van der Waals surface area contributed by atoms with Crippen LogP contribution in [0.1, 0.15) is 81.5 Å². The Morgan fingerprint density at radius 3 is 2.64 bits per heavy atom. The van der Waals surface area contributed by atoms with E-state index in [2.05, 4.69) is 25.2 Å². The van der Waals surface area contributed by atoms with Crippen LogP contribution in [-0.2, 0) is 23.9 Å². The second kappa shape index (κ2) is 12.0. The summed E-state index contributed by atoms with van der Waals surface area (Å²) in [5, 5.41) is 11.0. The van der Waals surface area contributed by atoms with Crippen LogP contribution in [0.25, 0.3) is 0 Å². The number of ether oxygens (including phenoxy) is 1. The number of anilines is 1. The topological polar surface area (TPSA) is 102 Å². The van der Waals surface area contributed by atoms with E-state index in [1.807, 2.05) is 13.8 Å². The Morgan fingerprint density at radius 1 is 1.18 bits per heavy atom. The molecule has 2 fully saturated rings. The van der Waals surface area contributed by atoms with Gasteiger partial charge in [0.2, 0.25) is 11.7 Å². The number of amides is 1. The minimum Gasteiger partial charge on any atom is -0.493 e. The monoisotopic (exact) mass is 619 g/mol. The molecule has 3 aromatic rings. The molecular formula is C30H37F4N7O3. The van der Waals surface area contributed by atoms with Crippen LogP contribution >= 0.6 is 0 Å². The number of alkyl halides is 3. The van der Waals surface area contributed by atoms with Gasteiger partial charge in [0.15, 0.2) is 11.6 Å². The summed E-state index contributed by atoms with van der Waals surface area (Å²) in [5.41, 5.74) is 0.201. The zero-order valence-corrected chi connectivity index (χ0v) is 25.1. The molecule has 0 bridgehead atoms. The third-order valence-electron chi connectivity index (χ3n) is 9.09. The number of benzene rings is 1. The number of carbonyl (C=O) groups is 1. The Balaban J connectivity index is 0.937. The largest absolute Gasteiger partial charge is 0.493 e. The molecule has 3 aliphatic rings. The van der Waals surface area contributed by atoms with Crippen LogP contribution in [0.4, 0.5) is 23.6 Å². The minimum absolute atomic E-state index is 0.0504. The van der Waals surface area contributed by atoms with Gasteiger partial charge in [-0.15, -0.1) is 10.2 Å². The lowest BCUT2D eigenvalue weighted by molar-refractivity contribution is -0.149. The summed E-state index contributed by atoms with van der Waals surface area (Å²) in [6.07, 6.45) is -0.568. The van der Waals surface area contributed by atoms with Crippen molar-refractivity contribution in [2.75, 3.05) is 31.1 Å². The van der Waals surface area contributed by atoms with E-state index in [1.54, 1.807) is 13.0 Å². The van der Waals surface area contributed by atoms with Crippen LogP contribution in [0, 0.1) is 23.6 Å². The molecule has 1 aliphatic carbocycles. The van der Waals surface area contributed by atoms with Gasteiger partial charge in [-0.05, 0) is 62.0 Å². The molecule has 2 aliphatic heterocycles. The first kappa shape index (κ1) is 30.3. The van der Waals surface area contributed by atoms with Crippen LogP contribution in [-0.4, -0.2) is 62.0 Å². The predicted octanol–water partition coefficient (Wildman–Crippen LogP) is 5.41. The van der Waals surface area contributed by atoms with Crippen LogP contribution in [0.3, 0.4) is 0 Å². The van der Waals surface area contributed by atoms with Gasteiger partial charge < -0.3 is 23.6 Å². The molecule has 238 valence electrons. The average Bonchev–Trinajstić information content (AvgIpc) is 3.35. The summed E-state index contributed by atoms with van der Waals surface area (Å²) in [6, 6.07) is 4.42. The van der Waals surface area contributed by atoms with Crippen molar-refractivity contribution in [2.45, 2.75) is 77.6 Å². The molecule has 4 heterocycles. The highest BCUT2D eigenvalue weighted by Gasteiger charge is 2.44. The Bertz CT molecular complexity index is 1480. The van der Waals surface area contributed by atoms with E-state index >= 15 is 0 Å². The van der Waals surface area contributed by atoms with E-state index in [4.69, 9.17) is 9.26 Å². The maximum Gasteiger partial charge on any atom is 0.451 e. The predicted molar refractivity (Wildman–Crippen MR) is 150 cm³/mol. The second-order valence-electron chi connectivity index (χ2n) is 12.6. The van der Waals surface area contributed by atoms with E-state index in [9.17, 15) is 22.4 Å². The summed E-state index contributed by atoms with van der Waals surface area (Å²) >= 11 is 0. The maximum atomic E-state index is 14.9. The van der Waals surface area contributed by atoms with Gasteiger partial charge in [0, 0.05) is 31.6 Å². The summed E-state index contributed by atoms with van der Waals surface area (Å²) < 4.78 is 66.9. The summed E-state index contributed by atoms with van der Waals surface area (Å²) in [7, 11) is 0. The van der Waals surface area contributed by atoms with Crippen LogP contribution in [0.5, 0.6) is 5.75 Å². The lowest BCUT2D eigenvalue weighted by Crippen LogP contribution is -2.42. The number of halogens is 4. The Kier molecular flexibility index (Phi) is 8.27. The molecule has 0 N–H and O–H groups in total. The van der Waals surface area contributed by atoms with Crippen molar-refractivity contribution in [2.24, 2.45) is 17.8 Å². The number of aromatic nitrogens is 5. The first-order valence-corrected chi connectivity index (χ1v) is 15.3. The van der Waals surface area contributed by atoms with Gasteiger partial charge in [0.25, 0.3) is 0 Å². The van der Waals surface area contributed by atoms with Crippen molar-refractivity contribution >= 4 is 11.9 Å². The smallest absolute Gasteiger partial charge is 0.451 e. The summed E-state index contributed by atoms with van der Waals surface area (Å²) in [5.74, 6) is 1.38. The molecule has 3 atom stereocenters. The van der Waals surface area contributed by atoms with Crippen molar-refractivity contribution < 1.29 is 31.6 Å². The molecule has 3 unspecified atom stereocenters. The number of rotatable bonds is 9. The van der Waals surface area contributed by atoms with Crippen LogP contribution in [0.2, 0.25) is 0 Å². The van der Waals surface area contributed by atoms with Gasteiger partial charge in [-0.25, -0.2) is 4.39 Å². The molecule has 1 amide bonds. The highest BCUT2D eigenvalue weighted by molar-refractivity contribution is 5.79. The number of hydrogen-bond acceptors (Lipinski definition) is 8. The first-order chi connectivity index (χ1) is 21.0. The summed E-state index contributed by atoms with van der Waals surface area (Å²) in [4.78, 5) is 21.0. The van der Waals surface area contributed by atoms with Crippen molar-refractivity contribution in [3.63, 3.8) is 0 Å². The molecule has 1 saturated heterocycles. The van der Waals surface area contributed by atoms with Crippen molar-refractivity contribution in [3.8, 4) is 5.75 Å². The number of fused-ring (bicyclic) bond motifs is 1. The van der Waals surface area contributed by atoms with Crippen molar-refractivity contribution in [1.29, 1.82) is 0 Å². The first-order valence-electron chi connectivity index (χ1n) is 15.3. The lowest BCUT2D eigenvalue weighted by Gasteiger charge is -2.32. The molecule has 1 saturated carbocycles. The van der Waals surface area contributed by atoms with E-state index in [0.717, 1.165) is 42.7 Å². The maximum absolute atomic E-state index is 14.9. The van der Waals surface area contributed by atoms with Gasteiger partial charge in [-0.3, -0.25) is 4.79 Å². The highest BCUT2D eigenvalue weighted by atomic mass is 19.4. The number of nitrogens with zero attached hydrogens (tertiary/aromatic N) is 7. The third kappa shape index (κ3) is 6.39. The van der Waals surface area contributed by atoms with Gasteiger partial charge in [-0.2, -0.15) is 18.2 Å². The van der Waals surface area contributed by atoms with E-state index in [0.29, 0.717) is 36.1 Å². The standard InChI is InChI=1S/C30H37F4N7O3/c1-17(2)27-35-29(44-38-27)39-9-6-19(7-10-39)23-12-20(23)8-11-43-22-5-4-21(24(31)14-22)13-26(42)40-15-18(3)41-25(16-40)36-37-28(41)30(32,33)34/h4-5,14,17-20,23H,6-13,15-16H2,1-3H3. The van der Waals surface area contributed by atoms with Gasteiger partial charge in [0.05, 0.1) is 25.6 Å². The van der Waals surface area contributed by atoms with E-state index in [1.165, 1.54) is 23.5 Å². The molecule has 6 rings (SSSR count). The SMILES string of the molecule is CC(C)c1noc(N2CCC(C3CC3CCOc3ccc(CC(=O)N4Cc5nnc(C(F)(F)F)n5C(C)C4)c(F)c3)CC2)n1. The summed E-state index contributed by atoms with van der Waals surface area (Å²) in [6.45, 7) is 7.91. The molecular weight excluding hydrogens is 582 g/mol. The lowest BCUT2D eigenvalue weighted by atomic mass is 9.90. The Labute approximate surface area is 252 Å². The second-order valence-corrected chi connectivity index (χ2v) is 12.6. The molecule has 1 aromatic carbocycles. The van der Waals surface area contributed by atoms with Crippen molar-refractivity contribution in [1.82, 2.24) is 29.8 Å². The van der Waals surface area contributed by atoms with Crippen LogP contribution in [0.15, 0.2) is 22.7 Å². The normalized spacial score (nSPS) is 22.4. The molecule has 44 heavy (non-hydrogen) atoms. The van der Waals surface area contributed by atoms with Crippen LogP contribution < -0.4 is 9.64 Å². The number of hydrogen-bond donors (Lipinski definition) is 0.